The van der Waals surface area contributed by atoms with Crippen molar-refractivity contribution in [3.05, 3.63) is 71.3 Å². The van der Waals surface area contributed by atoms with E-state index >= 15 is 0 Å². The molecule has 0 bridgehead atoms. The van der Waals surface area contributed by atoms with Gasteiger partial charge in [-0.3, -0.25) is 4.79 Å². The van der Waals surface area contributed by atoms with E-state index in [0.29, 0.717) is 24.0 Å². The molecule has 0 heterocycles. The fraction of sp³-hybridized carbons (Fsp3) is 0.176. The van der Waals surface area contributed by atoms with Crippen molar-refractivity contribution in [2.24, 2.45) is 0 Å². The molecule has 0 spiro atoms. The smallest absolute Gasteiger partial charge is 0.338 e. The molecule has 0 unspecified atom stereocenters. The van der Waals surface area contributed by atoms with Gasteiger partial charge in [0.05, 0.1) is 12.7 Å². The van der Waals surface area contributed by atoms with Gasteiger partial charge in [0, 0.05) is 12.0 Å². The van der Waals surface area contributed by atoms with Gasteiger partial charge in [-0.1, -0.05) is 48.5 Å². The summed E-state index contributed by atoms with van der Waals surface area (Å²) in [7, 11) is 1.36. The number of esters is 1. The Labute approximate surface area is 118 Å². The molecule has 0 saturated carbocycles. The summed E-state index contributed by atoms with van der Waals surface area (Å²) in [6.07, 6.45) is 0.900. The molecule has 0 fully saturated rings. The lowest BCUT2D eigenvalue weighted by Gasteiger charge is -2.07. The highest BCUT2D eigenvalue weighted by atomic mass is 16.5. The summed E-state index contributed by atoms with van der Waals surface area (Å²) >= 11 is 0. The Morgan fingerprint density at radius 2 is 1.60 bits per heavy atom. The van der Waals surface area contributed by atoms with Crippen molar-refractivity contribution < 1.29 is 14.3 Å². The van der Waals surface area contributed by atoms with Gasteiger partial charge >= 0.3 is 5.97 Å². The fourth-order valence-electron chi connectivity index (χ4n) is 2.06. The number of hydrogen-bond donors (Lipinski definition) is 0. The Kier molecular flexibility index (Phi) is 4.66. The van der Waals surface area contributed by atoms with Crippen molar-refractivity contribution in [3.63, 3.8) is 0 Å². The number of ketones is 1. The van der Waals surface area contributed by atoms with Gasteiger partial charge < -0.3 is 4.74 Å². The number of methoxy groups -OCH3 is 1. The van der Waals surface area contributed by atoms with Gasteiger partial charge in [-0.25, -0.2) is 4.79 Å². The minimum atomic E-state index is -0.368. The van der Waals surface area contributed by atoms with Crippen LogP contribution in [0.25, 0.3) is 0 Å². The summed E-state index contributed by atoms with van der Waals surface area (Å²) in [5.41, 5.74) is 2.06. The van der Waals surface area contributed by atoms with Crippen molar-refractivity contribution in [1.29, 1.82) is 0 Å². The van der Waals surface area contributed by atoms with Crippen LogP contribution >= 0.6 is 0 Å². The first kappa shape index (κ1) is 14.0. The first-order valence-corrected chi connectivity index (χ1v) is 6.47. The molecule has 0 atom stereocenters. The van der Waals surface area contributed by atoms with E-state index in [1.807, 2.05) is 30.3 Å². The highest BCUT2D eigenvalue weighted by Gasteiger charge is 2.12. The largest absolute Gasteiger partial charge is 0.465 e. The molecule has 0 aromatic heterocycles. The zero-order valence-corrected chi connectivity index (χ0v) is 11.3. The maximum absolute atomic E-state index is 12.1. The van der Waals surface area contributed by atoms with Crippen LogP contribution in [0.1, 0.15) is 32.7 Å². The molecule has 3 heteroatoms. The van der Waals surface area contributed by atoms with E-state index < -0.39 is 0 Å². The van der Waals surface area contributed by atoms with Gasteiger partial charge in [0.15, 0.2) is 5.78 Å². The molecule has 0 aliphatic heterocycles. The fourth-order valence-corrected chi connectivity index (χ4v) is 2.06. The summed E-state index contributed by atoms with van der Waals surface area (Å²) < 4.78 is 4.74. The molecule has 20 heavy (non-hydrogen) atoms. The zero-order valence-electron chi connectivity index (χ0n) is 11.3. The third-order valence-electron chi connectivity index (χ3n) is 3.14. The number of rotatable bonds is 5. The number of benzene rings is 2. The predicted molar refractivity (Wildman–Crippen MR) is 76.9 cm³/mol. The van der Waals surface area contributed by atoms with E-state index in [-0.39, 0.29) is 11.8 Å². The molecule has 0 amide bonds. The molecule has 102 valence electrons. The van der Waals surface area contributed by atoms with Crippen molar-refractivity contribution in [1.82, 2.24) is 0 Å². The van der Waals surface area contributed by atoms with E-state index in [1.165, 1.54) is 7.11 Å². The minimum Gasteiger partial charge on any atom is -0.465 e. The molecule has 0 radical (unpaired) electrons. The highest BCUT2D eigenvalue weighted by molar-refractivity contribution is 5.96. The first-order chi connectivity index (χ1) is 9.72. The predicted octanol–water partition coefficient (Wildman–Crippen LogP) is 3.29. The standard InChI is InChI=1S/C17H16O3/c1-20-17(19)15-10-6-5-7-13(15)11-12-16(18)14-8-3-2-4-9-14/h2-10H,11-12H2,1H3. The Morgan fingerprint density at radius 1 is 0.950 bits per heavy atom. The molecule has 0 N–H and O–H groups in total. The van der Waals surface area contributed by atoms with Gasteiger partial charge in [-0.05, 0) is 18.1 Å². The van der Waals surface area contributed by atoms with Crippen LogP contribution < -0.4 is 0 Å². The van der Waals surface area contributed by atoms with Crippen LogP contribution in [0.3, 0.4) is 0 Å². The number of Topliss-reactive ketones (excluding diaryl/α,β-unsaturated/α-hetero) is 1. The van der Waals surface area contributed by atoms with Gasteiger partial charge in [0.1, 0.15) is 0 Å². The van der Waals surface area contributed by atoms with E-state index in [2.05, 4.69) is 0 Å². The van der Waals surface area contributed by atoms with Crippen molar-refractivity contribution >= 4 is 11.8 Å². The number of carbonyl (C=O) groups is 2. The van der Waals surface area contributed by atoms with Gasteiger partial charge in [-0.2, -0.15) is 0 Å². The molecule has 0 aliphatic carbocycles. The molecule has 0 saturated heterocycles. The van der Waals surface area contributed by atoms with Gasteiger partial charge in [-0.15, -0.1) is 0 Å². The lowest BCUT2D eigenvalue weighted by Crippen LogP contribution is -2.07. The van der Waals surface area contributed by atoms with Gasteiger partial charge in [0.25, 0.3) is 0 Å². The highest BCUT2D eigenvalue weighted by Crippen LogP contribution is 2.14. The third-order valence-corrected chi connectivity index (χ3v) is 3.14. The molecule has 2 aromatic carbocycles. The second-order valence-electron chi connectivity index (χ2n) is 4.44. The molecular weight excluding hydrogens is 252 g/mol. The van der Waals surface area contributed by atoms with Crippen LogP contribution in [-0.4, -0.2) is 18.9 Å². The zero-order chi connectivity index (χ0) is 14.4. The van der Waals surface area contributed by atoms with Gasteiger partial charge in [0.2, 0.25) is 0 Å². The summed E-state index contributed by atoms with van der Waals surface area (Å²) in [4.78, 5) is 23.7. The van der Waals surface area contributed by atoms with Crippen LogP contribution in [0.5, 0.6) is 0 Å². The lowest BCUT2D eigenvalue weighted by molar-refractivity contribution is 0.0599. The lowest BCUT2D eigenvalue weighted by atomic mass is 9.99. The summed E-state index contributed by atoms with van der Waals surface area (Å²) in [5.74, 6) is -0.293. The van der Waals surface area contributed by atoms with Crippen LogP contribution in [0.2, 0.25) is 0 Å². The summed E-state index contributed by atoms with van der Waals surface area (Å²) in [5, 5.41) is 0. The van der Waals surface area contributed by atoms with E-state index in [9.17, 15) is 9.59 Å². The summed E-state index contributed by atoms with van der Waals surface area (Å²) in [6.45, 7) is 0. The SMILES string of the molecule is COC(=O)c1ccccc1CCC(=O)c1ccccc1. The number of aryl methyl sites for hydroxylation is 1. The third kappa shape index (κ3) is 3.32. The molecule has 2 rings (SSSR count). The van der Waals surface area contributed by atoms with Crippen LogP contribution in [0, 0.1) is 0 Å². The van der Waals surface area contributed by atoms with E-state index in [0.717, 1.165) is 5.56 Å². The monoisotopic (exact) mass is 268 g/mol. The molecule has 3 nitrogen and oxygen atoms in total. The maximum atomic E-state index is 12.1. The van der Waals surface area contributed by atoms with Crippen LogP contribution in [-0.2, 0) is 11.2 Å². The van der Waals surface area contributed by atoms with Crippen molar-refractivity contribution in [3.8, 4) is 0 Å². The Hall–Kier alpha value is -2.42. The topological polar surface area (TPSA) is 43.4 Å². The molecular formula is C17H16O3. The van der Waals surface area contributed by atoms with Crippen molar-refractivity contribution in [2.45, 2.75) is 12.8 Å². The van der Waals surface area contributed by atoms with E-state index in [1.54, 1.807) is 24.3 Å². The average molecular weight is 268 g/mol. The normalized spacial score (nSPS) is 10.1. The Bertz CT molecular complexity index is 603. The van der Waals surface area contributed by atoms with E-state index in [4.69, 9.17) is 4.74 Å². The number of hydrogen-bond acceptors (Lipinski definition) is 3. The Morgan fingerprint density at radius 3 is 2.30 bits per heavy atom. The molecule has 0 aliphatic rings. The second-order valence-corrected chi connectivity index (χ2v) is 4.44. The van der Waals surface area contributed by atoms with Crippen LogP contribution in [0.4, 0.5) is 0 Å². The average Bonchev–Trinajstić information content (AvgIpc) is 2.53. The minimum absolute atomic E-state index is 0.0743. The first-order valence-electron chi connectivity index (χ1n) is 6.47. The second kappa shape index (κ2) is 6.66. The van der Waals surface area contributed by atoms with Crippen molar-refractivity contribution in [2.75, 3.05) is 7.11 Å². The molecule has 2 aromatic rings. The Balaban J connectivity index is 2.08. The summed E-state index contributed by atoms with van der Waals surface area (Å²) in [6, 6.07) is 16.4. The number of carbonyl (C=O) groups excluding carboxylic acids is 2. The number of ether oxygens (including phenoxy) is 1. The van der Waals surface area contributed by atoms with Crippen LogP contribution in [0.15, 0.2) is 54.6 Å². The maximum Gasteiger partial charge on any atom is 0.338 e. The quantitative estimate of drug-likeness (QED) is 0.617.